The molecule has 0 fully saturated rings. The average molecular weight is 413 g/mol. The van der Waals surface area contributed by atoms with Gasteiger partial charge in [0.05, 0.1) is 12.5 Å². The van der Waals surface area contributed by atoms with Gasteiger partial charge in [-0.15, -0.1) is 12.4 Å². The number of para-hydroxylation sites is 1. The first-order valence-electron chi connectivity index (χ1n) is 9.22. The van der Waals surface area contributed by atoms with Crippen LogP contribution in [0.2, 0.25) is 0 Å². The Balaban J connectivity index is 0.00000300. The first-order chi connectivity index (χ1) is 13.5. The number of nitrogens with zero attached hydrogens (tertiary/aromatic N) is 1. The van der Waals surface area contributed by atoms with Gasteiger partial charge < -0.3 is 10.4 Å². The zero-order chi connectivity index (χ0) is 20.1. The molecule has 152 valence electrons. The Morgan fingerprint density at radius 2 is 1.66 bits per heavy atom. The summed E-state index contributed by atoms with van der Waals surface area (Å²) in [5.74, 6) is -1.30. The van der Waals surface area contributed by atoms with Crippen molar-refractivity contribution in [2.45, 2.75) is 19.4 Å². The van der Waals surface area contributed by atoms with Gasteiger partial charge in [-0.3, -0.25) is 14.5 Å². The van der Waals surface area contributed by atoms with E-state index in [2.05, 4.69) is 5.32 Å². The lowest BCUT2D eigenvalue weighted by atomic mass is 9.94. The molecule has 0 saturated heterocycles. The van der Waals surface area contributed by atoms with Crippen LogP contribution in [0.15, 0.2) is 66.7 Å². The highest BCUT2D eigenvalue weighted by atomic mass is 35.5. The van der Waals surface area contributed by atoms with Crippen molar-refractivity contribution < 1.29 is 14.7 Å². The van der Waals surface area contributed by atoms with Crippen LogP contribution in [-0.4, -0.2) is 35.5 Å². The van der Waals surface area contributed by atoms with E-state index in [4.69, 9.17) is 5.11 Å². The molecule has 5 nitrogen and oxygen atoms in total. The number of nitrogens with one attached hydrogen (secondary N) is 1. The summed E-state index contributed by atoms with van der Waals surface area (Å²) in [6.07, 6.45) is 0. The molecule has 0 aliphatic rings. The minimum absolute atomic E-state index is 0. The summed E-state index contributed by atoms with van der Waals surface area (Å²) in [5, 5.41) is 14.1. The number of carboxylic acids is 1. The first kappa shape index (κ1) is 22.4. The number of carbonyl (C=O) groups is 2. The number of carbonyl (C=O) groups excluding carboxylic acids is 1. The van der Waals surface area contributed by atoms with Crippen LogP contribution < -0.4 is 5.32 Å². The number of likely N-dealkylation sites (N-methyl/N-ethyl adjacent to an activating group) is 1. The van der Waals surface area contributed by atoms with Gasteiger partial charge in [0.25, 0.3) is 0 Å². The lowest BCUT2D eigenvalue weighted by Crippen LogP contribution is -2.26. The summed E-state index contributed by atoms with van der Waals surface area (Å²) >= 11 is 0. The third kappa shape index (κ3) is 5.56. The van der Waals surface area contributed by atoms with Gasteiger partial charge in [0.1, 0.15) is 0 Å². The molecule has 0 bridgehead atoms. The van der Waals surface area contributed by atoms with Crippen molar-refractivity contribution in [3.05, 3.63) is 77.9 Å². The SMILES string of the molecule is CC(C(=O)Nc1ccccc1CN(C)CC(=O)O)c1cccc2ccccc12.Cl. The van der Waals surface area contributed by atoms with Gasteiger partial charge in [-0.1, -0.05) is 60.7 Å². The Morgan fingerprint density at radius 3 is 2.41 bits per heavy atom. The van der Waals surface area contributed by atoms with Crippen molar-refractivity contribution in [3.8, 4) is 0 Å². The summed E-state index contributed by atoms with van der Waals surface area (Å²) in [6, 6.07) is 21.5. The van der Waals surface area contributed by atoms with Crippen LogP contribution in [0.25, 0.3) is 10.8 Å². The first-order valence-corrected chi connectivity index (χ1v) is 9.22. The summed E-state index contributed by atoms with van der Waals surface area (Å²) < 4.78 is 0. The van der Waals surface area contributed by atoms with Crippen LogP contribution >= 0.6 is 12.4 Å². The predicted molar refractivity (Wildman–Crippen MR) is 119 cm³/mol. The van der Waals surface area contributed by atoms with Crippen LogP contribution in [0, 0.1) is 0 Å². The Morgan fingerprint density at radius 1 is 1.00 bits per heavy atom. The van der Waals surface area contributed by atoms with Gasteiger partial charge in [0, 0.05) is 12.2 Å². The molecule has 0 aliphatic heterocycles. The maximum atomic E-state index is 13.0. The maximum Gasteiger partial charge on any atom is 0.317 e. The monoisotopic (exact) mass is 412 g/mol. The van der Waals surface area contributed by atoms with Gasteiger partial charge in [0.2, 0.25) is 5.91 Å². The molecule has 1 amide bonds. The molecule has 3 rings (SSSR count). The summed E-state index contributed by atoms with van der Waals surface area (Å²) in [5.41, 5.74) is 2.57. The number of fused-ring (bicyclic) bond motifs is 1. The van der Waals surface area contributed by atoms with E-state index < -0.39 is 5.97 Å². The fraction of sp³-hybridized carbons (Fsp3) is 0.217. The highest BCUT2D eigenvalue weighted by Crippen LogP contribution is 2.27. The van der Waals surface area contributed by atoms with E-state index >= 15 is 0 Å². The molecule has 0 aliphatic carbocycles. The van der Waals surface area contributed by atoms with Crippen LogP contribution in [-0.2, 0) is 16.1 Å². The van der Waals surface area contributed by atoms with Gasteiger partial charge >= 0.3 is 5.97 Å². The number of carboxylic acid groups (broad SMARTS) is 1. The van der Waals surface area contributed by atoms with Crippen LogP contribution in [0.3, 0.4) is 0 Å². The van der Waals surface area contributed by atoms with Gasteiger partial charge in [0.15, 0.2) is 0 Å². The number of benzene rings is 3. The summed E-state index contributed by atoms with van der Waals surface area (Å²) in [7, 11) is 1.74. The van der Waals surface area contributed by atoms with Crippen molar-refractivity contribution in [3.63, 3.8) is 0 Å². The molecule has 6 heteroatoms. The number of hydrogen-bond donors (Lipinski definition) is 2. The molecule has 0 heterocycles. The van der Waals surface area contributed by atoms with Crippen molar-refractivity contribution in [1.29, 1.82) is 0 Å². The second kappa shape index (κ2) is 10.0. The van der Waals surface area contributed by atoms with Crippen LogP contribution in [0.5, 0.6) is 0 Å². The number of halogens is 1. The number of aliphatic carboxylic acids is 1. The van der Waals surface area contributed by atoms with E-state index in [1.807, 2.05) is 73.7 Å². The van der Waals surface area contributed by atoms with E-state index in [1.165, 1.54) is 0 Å². The van der Waals surface area contributed by atoms with Crippen molar-refractivity contribution >= 4 is 40.7 Å². The molecule has 3 aromatic rings. The van der Waals surface area contributed by atoms with Crippen molar-refractivity contribution in [2.75, 3.05) is 18.9 Å². The average Bonchev–Trinajstić information content (AvgIpc) is 2.67. The standard InChI is InChI=1S/C23H24N2O3.ClH/c1-16(19-12-7-10-17-8-3-5-11-20(17)19)23(28)24-21-13-6-4-9-18(21)14-25(2)15-22(26)27;/h3-13,16H,14-15H2,1-2H3,(H,24,28)(H,26,27);1H. The predicted octanol–water partition coefficient (Wildman–Crippen LogP) is 4.52. The highest BCUT2D eigenvalue weighted by molar-refractivity contribution is 5.99. The van der Waals surface area contributed by atoms with Gasteiger partial charge in [-0.05, 0) is 41.9 Å². The molecule has 1 unspecified atom stereocenters. The number of hydrogen-bond acceptors (Lipinski definition) is 3. The largest absolute Gasteiger partial charge is 0.480 e. The minimum Gasteiger partial charge on any atom is -0.480 e. The Labute approximate surface area is 176 Å². The smallest absolute Gasteiger partial charge is 0.317 e. The summed E-state index contributed by atoms with van der Waals surface area (Å²) in [4.78, 5) is 25.6. The zero-order valence-corrected chi connectivity index (χ0v) is 17.3. The van der Waals surface area contributed by atoms with Crippen LogP contribution in [0.4, 0.5) is 5.69 Å². The lowest BCUT2D eigenvalue weighted by Gasteiger charge is -2.19. The van der Waals surface area contributed by atoms with E-state index in [0.717, 1.165) is 21.9 Å². The highest BCUT2D eigenvalue weighted by Gasteiger charge is 2.19. The third-order valence-electron chi connectivity index (χ3n) is 4.80. The van der Waals surface area contributed by atoms with Gasteiger partial charge in [-0.25, -0.2) is 0 Å². The molecule has 0 radical (unpaired) electrons. The Kier molecular flexibility index (Phi) is 7.76. The molecule has 29 heavy (non-hydrogen) atoms. The van der Waals surface area contributed by atoms with Crippen molar-refractivity contribution in [1.82, 2.24) is 4.90 Å². The van der Waals surface area contributed by atoms with Crippen molar-refractivity contribution in [2.24, 2.45) is 0 Å². The molecular weight excluding hydrogens is 388 g/mol. The fourth-order valence-electron chi connectivity index (χ4n) is 3.37. The van der Waals surface area contributed by atoms with E-state index in [0.29, 0.717) is 12.2 Å². The number of anilines is 1. The van der Waals surface area contributed by atoms with E-state index in [9.17, 15) is 9.59 Å². The minimum atomic E-state index is -0.881. The Bertz CT molecular complexity index is 1000. The number of amides is 1. The van der Waals surface area contributed by atoms with E-state index in [1.54, 1.807) is 11.9 Å². The number of rotatable bonds is 7. The molecule has 0 saturated carbocycles. The fourth-order valence-corrected chi connectivity index (χ4v) is 3.37. The summed E-state index contributed by atoms with van der Waals surface area (Å²) in [6.45, 7) is 2.27. The maximum absolute atomic E-state index is 13.0. The van der Waals surface area contributed by atoms with Crippen LogP contribution in [0.1, 0.15) is 24.0 Å². The second-order valence-electron chi connectivity index (χ2n) is 7.00. The normalized spacial score (nSPS) is 11.7. The lowest BCUT2D eigenvalue weighted by molar-refractivity contribution is -0.138. The molecule has 0 spiro atoms. The quantitative estimate of drug-likeness (QED) is 0.598. The molecule has 1 atom stereocenters. The van der Waals surface area contributed by atoms with E-state index in [-0.39, 0.29) is 30.8 Å². The zero-order valence-electron chi connectivity index (χ0n) is 16.5. The second-order valence-corrected chi connectivity index (χ2v) is 7.00. The molecule has 0 aromatic heterocycles. The molecular formula is C23H25ClN2O3. The Hall–Kier alpha value is -2.89. The topological polar surface area (TPSA) is 69.6 Å². The molecule has 3 aromatic carbocycles. The van der Waals surface area contributed by atoms with Gasteiger partial charge in [-0.2, -0.15) is 0 Å². The third-order valence-corrected chi connectivity index (χ3v) is 4.80. The molecule has 2 N–H and O–H groups in total.